The molecule has 11 heteroatoms. The Bertz CT molecular complexity index is 1370. The number of halogens is 3. The molecule has 1 saturated heterocycles. The fourth-order valence-corrected chi connectivity index (χ4v) is 4.44. The maximum atomic E-state index is 13.0. The van der Waals surface area contributed by atoms with Crippen LogP contribution in [0, 0.1) is 6.92 Å². The highest BCUT2D eigenvalue weighted by molar-refractivity contribution is 6.04. The summed E-state index contributed by atoms with van der Waals surface area (Å²) in [7, 11) is 0. The Morgan fingerprint density at radius 1 is 1.11 bits per heavy atom. The molecule has 2 aliphatic heterocycles. The molecule has 0 saturated carbocycles. The van der Waals surface area contributed by atoms with Gasteiger partial charge in [0.05, 0.1) is 31.0 Å². The number of aromatic nitrogens is 2. The lowest BCUT2D eigenvalue weighted by Gasteiger charge is -2.35. The molecule has 0 unspecified atom stereocenters. The fraction of sp³-hybridized carbons (Fsp3) is 0.308. The van der Waals surface area contributed by atoms with Crippen LogP contribution in [0.4, 0.5) is 24.7 Å². The number of pyridine rings is 2. The van der Waals surface area contributed by atoms with E-state index in [0.29, 0.717) is 54.8 Å². The van der Waals surface area contributed by atoms with Crippen molar-refractivity contribution in [2.75, 3.05) is 23.8 Å². The van der Waals surface area contributed by atoms with Crippen molar-refractivity contribution in [2.45, 2.75) is 38.0 Å². The van der Waals surface area contributed by atoms with Gasteiger partial charge in [-0.15, -0.1) is 0 Å². The van der Waals surface area contributed by atoms with Gasteiger partial charge in [-0.1, -0.05) is 12.1 Å². The van der Waals surface area contributed by atoms with Crippen LogP contribution in [0.1, 0.15) is 40.9 Å². The van der Waals surface area contributed by atoms with Crippen LogP contribution in [-0.2, 0) is 15.7 Å². The van der Waals surface area contributed by atoms with Crippen LogP contribution in [0.2, 0.25) is 0 Å². The van der Waals surface area contributed by atoms with Crippen molar-refractivity contribution in [3.8, 4) is 17.0 Å². The normalized spacial score (nSPS) is 16.8. The van der Waals surface area contributed by atoms with Crippen LogP contribution in [-0.4, -0.2) is 40.6 Å². The minimum atomic E-state index is -4.67. The maximum Gasteiger partial charge on any atom is 0.433 e. The first-order valence-corrected chi connectivity index (χ1v) is 11.7. The highest BCUT2D eigenvalue weighted by Gasteiger charge is 2.40. The summed E-state index contributed by atoms with van der Waals surface area (Å²) >= 11 is 0. The highest BCUT2D eigenvalue weighted by atomic mass is 19.4. The van der Waals surface area contributed by atoms with Gasteiger partial charge in [-0.2, -0.15) is 13.2 Å². The van der Waals surface area contributed by atoms with Crippen LogP contribution in [0.25, 0.3) is 11.3 Å². The SMILES string of the molecule is Cc1ccc(NC(=O)c2ccnc(C(F)(F)F)c2)nc1-c1ccc2c(c1)OC1(CCOCC1)CC(=O)N2. The second-order valence-corrected chi connectivity index (χ2v) is 9.08. The summed E-state index contributed by atoms with van der Waals surface area (Å²) in [6, 6.07) is 10.5. The van der Waals surface area contributed by atoms with Crippen LogP contribution >= 0.6 is 0 Å². The van der Waals surface area contributed by atoms with E-state index >= 15 is 0 Å². The van der Waals surface area contributed by atoms with Crippen molar-refractivity contribution < 1.29 is 32.2 Å². The zero-order valence-corrected chi connectivity index (χ0v) is 19.8. The number of carbonyl (C=O) groups excluding carboxylic acids is 2. The predicted octanol–water partition coefficient (Wildman–Crippen LogP) is 4.99. The average molecular weight is 512 g/mol. The minimum absolute atomic E-state index is 0.128. The number of carbonyl (C=O) groups is 2. The van der Waals surface area contributed by atoms with Crippen molar-refractivity contribution in [2.24, 2.45) is 0 Å². The molecule has 37 heavy (non-hydrogen) atoms. The van der Waals surface area contributed by atoms with Crippen molar-refractivity contribution in [1.29, 1.82) is 0 Å². The summed E-state index contributed by atoms with van der Waals surface area (Å²) in [5.74, 6) is -0.194. The Balaban J connectivity index is 1.43. The van der Waals surface area contributed by atoms with Crippen molar-refractivity contribution in [3.05, 3.63) is 65.5 Å². The monoisotopic (exact) mass is 512 g/mol. The van der Waals surface area contributed by atoms with Crippen LogP contribution in [0.5, 0.6) is 5.75 Å². The molecule has 1 aromatic carbocycles. The van der Waals surface area contributed by atoms with Gasteiger partial charge in [0.15, 0.2) is 0 Å². The number of ether oxygens (including phenoxy) is 2. The summed E-state index contributed by atoms with van der Waals surface area (Å²) in [5.41, 5.74) is 0.599. The molecule has 8 nitrogen and oxygen atoms in total. The Kier molecular flexibility index (Phi) is 6.32. The molecule has 192 valence electrons. The standard InChI is InChI=1S/C26H23F3N4O4/c1-15-2-5-21(33-24(35)17-6-9-30-20(13-17)26(27,28)29)32-23(15)16-3-4-18-19(12-16)37-25(14-22(34)31-18)7-10-36-11-8-25/h2-6,9,12-13H,7-8,10-11,14H2,1H3,(H,31,34)(H,32,33,35). The van der Waals surface area contributed by atoms with E-state index in [2.05, 4.69) is 20.6 Å². The molecule has 0 bridgehead atoms. The van der Waals surface area contributed by atoms with E-state index in [1.54, 1.807) is 30.3 Å². The molecule has 2 aliphatic rings. The summed E-state index contributed by atoms with van der Waals surface area (Å²) < 4.78 is 50.8. The van der Waals surface area contributed by atoms with Crippen molar-refractivity contribution in [1.82, 2.24) is 9.97 Å². The zero-order chi connectivity index (χ0) is 26.2. The second-order valence-electron chi connectivity index (χ2n) is 9.08. The Morgan fingerprint density at radius 2 is 1.89 bits per heavy atom. The van der Waals surface area contributed by atoms with Gasteiger partial charge >= 0.3 is 6.18 Å². The quantitative estimate of drug-likeness (QED) is 0.513. The van der Waals surface area contributed by atoms with Crippen LogP contribution in [0.15, 0.2) is 48.7 Å². The predicted molar refractivity (Wildman–Crippen MR) is 128 cm³/mol. The topological polar surface area (TPSA) is 102 Å². The number of aryl methyl sites for hydroxylation is 1. The first-order valence-electron chi connectivity index (χ1n) is 11.7. The number of hydrogen-bond acceptors (Lipinski definition) is 6. The van der Waals surface area contributed by atoms with Gasteiger partial charge in [0.1, 0.15) is 22.9 Å². The molecule has 2 aromatic heterocycles. The minimum Gasteiger partial charge on any atom is -0.484 e. The molecule has 1 fully saturated rings. The van der Waals surface area contributed by atoms with E-state index in [1.807, 2.05) is 6.92 Å². The number of rotatable bonds is 3. The van der Waals surface area contributed by atoms with Crippen molar-refractivity contribution >= 4 is 23.3 Å². The molecule has 1 spiro atoms. The van der Waals surface area contributed by atoms with Gasteiger partial charge in [-0.25, -0.2) is 4.98 Å². The van der Waals surface area contributed by atoms with E-state index in [4.69, 9.17) is 9.47 Å². The van der Waals surface area contributed by atoms with Gasteiger partial charge < -0.3 is 20.1 Å². The maximum absolute atomic E-state index is 13.0. The molecule has 2 N–H and O–H groups in total. The zero-order valence-electron chi connectivity index (χ0n) is 19.8. The number of nitrogens with zero attached hydrogens (tertiary/aromatic N) is 2. The third-order valence-corrected chi connectivity index (χ3v) is 6.39. The number of alkyl halides is 3. The Morgan fingerprint density at radius 3 is 2.65 bits per heavy atom. The summed E-state index contributed by atoms with van der Waals surface area (Å²) in [4.78, 5) is 33.0. The number of amides is 2. The molecule has 5 rings (SSSR count). The summed E-state index contributed by atoms with van der Waals surface area (Å²) in [6.07, 6.45) is -2.32. The molecule has 0 aliphatic carbocycles. The number of hydrogen-bond donors (Lipinski definition) is 2. The number of fused-ring (bicyclic) bond motifs is 1. The molecule has 4 heterocycles. The second kappa shape index (κ2) is 9.47. The molecule has 0 atom stereocenters. The van der Waals surface area contributed by atoms with Gasteiger partial charge in [0.25, 0.3) is 5.91 Å². The summed E-state index contributed by atoms with van der Waals surface area (Å²) in [5, 5.41) is 5.44. The van der Waals surface area contributed by atoms with E-state index in [1.165, 1.54) is 6.07 Å². The third-order valence-electron chi connectivity index (χ3n) is 6.39. The number of anilines is 2. The molecular weight excluding hydrogens is 489 g/mol. The van der Waals surface area contributed by atoms with E-state index in [0.717, 1.165) is 11.8 Å². The summed E-state index contributed by atoms with van der Waals surface area (Å²) in [6.45, 7) is 2.86. The lowest BCUT2D eigenvalue weighted by atomic mass is 9.90. The Hall–Kier alpha value is -3.99. The first-order chi connectivity index (χ1) is 17.6. The fourth-order valence-electron chi connectivity index (χ4n) is 4.44. The van der Waals surface area contributed by atoms with Crippen LogP contribution < -0.4 is 15.4 Å². The average Bonchev–Trinajstić information content (AvgIpc) is 2.99. The lowest BCUT2D eigenvalue weighted by Crippen LogP contribution is -2.43. The molecule has 3 aromatic rings. The van der Waals surface area contributed by atoms with E-state index in [-0.39, 0.29) is 23.7 Å². The van der Waals surface area contributed by atoms with Gasteiger partial charge in [0.2, 0.25) is 5.91 Å². The Labute approximate surface area is 210 Å². The molecule has 2 amide bonds. The van der Waals surface area contributed by atoms with E-state index in [9.17, 15) is 22.8 Å². The first kappa shape index (κ1) is 24.7. The number of nitrogens with one attached hydrogen (secondary N) is 2. The molecular formula is C26H23F3N4O4. The molecule has 0 radical (unpaired) electrons. The smallest absolute Gasteiger partial charge is 0.433 e. The lowest BCUT2D eigenvalue weighted by molar-refractivity contribution is -0.141. The van der Waals surface area contributed by atoms with Gasteiger partial charge in [0, 0.05) is 30.2 Å². The number of benzene rings is 1. The largest absolute Gasteiger partial charge is 0.484 e. The van der Waals surface area contributed by atoms with Gasteiger partial charge in [-0.05, 0) is 42.8 Å². The third kappa shape index (κ3) is 5.26. The van der Waals surface area contributed by atoms with E-state index < -0.39 is 23.4 Å². The van der Waals surface area contributed by atoms with Crippen LogP contribution in [0.3, 0.4) is 0 Å². The van der Waals surface area contributed by atoms with Crippen molar-refractivity contribution in [3.63, 3.8) is 0 Å². The van der Waals surface area contributed by atoms with Gasteiger partial charge in [-0.3, -0.25) is 14.6 Å². The highest BCUT2D eigenvalue weighted by Crippen LogP contribution is 2.40.